The monoisotopic (exact) mass is 190 g/mol. The van der Waals surface area contributed by atoms with Crippen molar-refractivity contribution < 1.29 is 0 Å². The highest BCUT2D eigenvalue weighted by molar-refractivity contribution is 9.08. The van der Waals surface area contributed by atoms with E-state index in [1.165, 1.54) is 10.4 Å². The molecule has 0 aromatic carbocycles. The predicted molar refractivity (Wildman–Crippen MR) is 41.7 cm³/mol. The largest absolute Gasteiger partial charge is 0.149 e. The van der Waals surface area contributed by atoms with Crippen LogP contribution >= 0.6 is 27.3 Å². The van der Waals surface area contributed by atoms with Gasteiger partial charge in [0.2, 0.25) is 0 Å². The predicted octanol–water partition coefficient (Wildman–Crippen LogP) is 2.95. The SMILES string of the molecule is Cc1sccc1CBr. The summed E-state index contributed by atoms with van der Waals surface area (Å²) in [6, 6.07) is 2.15. The van der Waals surface area contributed by atoms with Crippen LogP contribution in [0, 0.1) is 6.92 Å². The standard InChI is InChI=1S/C6H7BrS/c1-5-6(4-7)2-3-8-5/h2-3H,4H2,1H3. The van der Waals surface area contributed by atoms with Crippen molar-refractivity contribution in [1.29, 1.82) is 0 Å². The summed E-state index contributed by atoms with van der Waals surface area (Å²) in [5.41, 5.74) is 1.41. The van der Waals surface area contributed by atoms with Crippen LogP contribution in [0.1, 0.15) is 10.4 Å². The Kier molecular flexibility index (Phi) is 2.08. The first-order valence-corrected chi connectivity index (χ1v) is 4.43. The number of hydrogen-bond donors (Lipinski definition) is 0. The van der Waals surface area contributed by atoms with Crippen molar-refractivity contribution in [2.24, 2.45) is 0 Å². The number of rotatable bonds is 1. The fraction of sp³-hybridized carbons (Fsp3) is 0.333. The first kappa shape index (κ1) is 6.30. The van der Waals surface area contributed by atoms with E-state index in [1.54, 1.807) is 11.3 Å². The van der Waals surface area contributed by atoms with Crippen LogP contribution in [0.3, 0.4) is 0 Å². The van der Waals surface area contributed by atoms with Crippen molar-refractivity contribution in [3.63, 3.8) is 0 Å². The molecule has 0 radical (unpaired) electrons. The van der Waals surface area contributed by atoms with Crippen LogP contribution in [-0.2, 0) is 5.33 Å². The summed E-state index contributed by atoms with van der Waals surface area (Å²) in [7, 11) is 0. The minimum atomic E-state index is 0.988. The summed E-state index contributed by atoms with van der Waals surface area (Å²) in [6.45, 7) is 2.14. The summed E-state index contributed by atoms with van der Waals surface area (Å²) in [5.74, 6) is 0. The van der Waals surface area contributed by atoms with Gasteiger partial charge in [0.05, 0.1) is 0 Å². The van der Waals surface area contributed by atoms with Crippen LogP contribution in [-0.4, -0.2) is 0 Å². The summed E-state index contributed by atoms with van der Waals surface area (Å²) >= 11 is 5.19. The maximum atomic E-state index is 3.39. The lowest BCUT2D eigenvalue weighted by Crippen LogP contribution is -1.70. The van der Waals surface area contributed by atoms with Crippen LogP contribution in [0.5, 0.6) is 0 Å². The number of hydrogen-bond acceptors (Lipinski definition) is 1. The smallest absolute Gasteiger partial charge is 0.0293 e. The van der Waals surface area contributed by atoms with E-state index < -0.39 is 0 Å². The zero-order valence-corrected chi connectivity index (χ0v) is 7.05. The molecular formula is C6H7BrS. The number of thiophene rings is 1. The fourth-order valence-electron chi connectivity index (χ4n) is 0.550. The summed E-state index contributed by atoms with van der Waals surface area (Å²) < 4.78 is 0. The van der Waals surface area contributed by atoms with Gasteiger partial charge in [-0.2, -0.15) is 0 Å². The molecule has 0 N–H and O–H groups in total. The molecule has 1 heterocycles. The van der Waals surface area contributed by atoms with E-state index >= 15 is 0 Å². The minimum absolute atomic E-state index is 0.988. The number of aryl methyl sites for hydroxylation is 1. The molecule has 1 rings (SSSR count). The highest BCUT2D eigenvalue weighted by Gasteiger charge is 1.93. The molecule has 0 bridgehead atoms. The lowest BCUT2D eigenvalue weighted by atomic mass is 10.3. The van der Waals surface area contributed by atoms with Gasteiger partial charge in [-0.1, -0.05) is 15.9 Å². The molecule has 8 heavy (non-hydrogen) atoms. The van der Waals surface area contributed by atoms with E-state index in [0.717, 1.165) is 5.33 Å². The van der Waals surface area contributed by atoms with Gasteiger partial charge in [-0.25, -0.2) is 0 Å². The van der Waals surface area contributed by atoms with E-state index in [9.17, 15) is 0 Å². The average Bonchev–Trinajstić information content (AvgIpc) is 2.14. The molecule has 2 heteroatoms. The van der Waals surface area contributed by atoms with Gasteiger partial charge in [0.15, 0.2) is 0 Å². The number of halogens is 1. The third kappa shape index (κ3) is 1.12. The van der Waals surface area contributed by atoms with Crippen LogP contribution in [0.4, 0.5) is 0 Å². The Balaban J connectivity index is 2.92. The summed E-state index contributed by atoms with van der Waals surface area (Å²) in [6.07, 6.45) is 0. The molecular weight excluding hydrogens is 184 g/mol. The Labute approximate surface area is 61.7 Å². The molecule has 0 nitrogen and oxygen atoms in total. The summed E-state index contributed by atoms with van der Waals surface area (Å²) in [4.78, 5) is 1.42. The maximum Gasteiger partial charge on any atom is 0.0293 e. The van der Waals surface area contributed by atoms with E-state index in [1.807, 2.05) is 0 Å². The van der Waals surface area contributed by atoms with Crippen LogP contribution in [0.2, 0.25) is 0 Å². The van der Waals surface area contributed by atoms with Crippen molar-refractivity contribution in [1.82, 2.24) is 0 Å². The molecule has 0 atom stereocenters. The van der Waals surface area contributed by atoms with Crippen molar-refractivity contribution in [2.45, 2.75) is 12.3 Å². The van der Waals surface area contributed by atoms with Gasteiger partial charge in [-0.3, -0.25) is 0 Å². The molecule has 0 aliphatic heterocycles. The van der Waals surface area contributed by atoms with E-state index in [4.69, 9.17) is 0 Å². The lowest BCUT2D eigenvalue weighted by Gasteiger charge is -1.86. The molecule has 0 fully saturated rings. The zero-order valence-electron chi connectivity index (χ0n) is 4.65. The Morgan fingerprint density at radius 2 is 2.50 bits per heavy atom. The second-order valence-electron chi connectivity index (χ2n) is 1.64. The van der Waals surface area contributed by atoms with Gasteiger partial charge >= 0.3 is 0 Å². The highest BCUT2D eigenvalue weighted by atomic mass is 79.9. The van der Waals surface area contributed by atoms with Crippen LogP contribution in [0.25, 0.3) is 0 Å². The van der Waals surface area contributed by atoms with Gasteiger partial charge in [0.1, 0.15) is 0 Å². The molecule has 0 aliphatic rings. The Morgan fingerprint density at radius 1 is 1.75 bits per heavy atom. The second kappa shape index (κ2) is 2.65. The zero-order chi connectivity index (χ0) is 5.98. The average molecular weight is 191 g/mol. The van der Waals surface area contributed by atoms with Crippen LogP contribution in [0.15, 0.2) is 11.4 Å². The normalized spacial score (nSPS) is 9.75. The second-order valence-corrected chi connectivity index (χ2v) is 3.32. The molecule has 0 amide bonds. The molecule has 1 aromatic rings. The Bertz CT molecular complexity index is 169. The van der Waals surface area contributed by atoms with Crippen LogP contribution < -0.4 is 0 Å². The maximum absolute atomic E-state index is 3.39. The fourth-order valence-corrected chi connectivity index (χ4v) is 2.07. The quantitative estimate of drug-likeness (QED) is 0.598. The van der Waals surface area contributed by atoms with Crippen molar-refractivity contribution >= 4 is 27.3 Å². The van der Waals surface area contributed by atoms with Gasteiger partial charge in [0.25, 0.3) is 0 Å². The lowest BCUT2D eigenvalue weighted by molar-refractivity contribution is 1.41. The molecule has 1 aromatic heterocycles. The van der Waals surface area contributed by atoms with E-state index in [-0.39, 0.29) is 0 Å². The minimum Gasteiger partial charge on any atom is -0.149 e. The number of alkyl halides is 1. The van der Waals surface area contributed by atoms with Gasteiger partial charge < -0.3 is 0 Å². The molecule has 44 valence electrons. The Hall–Kier alpha value is 0.180. The molecule has 0 saturated carbocycles. The first-order chi connectivity index (χ1) is 3.84. The third-order valence-corrected chi connectivity index (χ3v) is 2.60. The summed E-state index contributed by atoms with van der Waals surface area (Å²) in [5, 5.41) is 3.11. The molecule has 0 spiro atoms. The molecule has 0 saturated heterocycles. The topological polar surface area (TPSA) is 0 Å². The molecule has 0 aliphatic carbocycles. The third-order valence-electron chi connectivity index (χ3n) is 1.11. The first-order valence-electron chi connectivity index (χ1n) is 2.43. The van der Waals surface area contributed by atoms with Gasteiger partial charge in [-0.05, 0) is 23.9 Å². The van der Waals surface area contributed by atoms with Gasteiger partial charge in [-0.15, -0.1) is 11.3 Å². The van der Waals surface area contributed by atoms with E-state index in [2.05, 4.69) is 34.3 Å². The van der Waals surface area contributed by atoms with E-state index in [0.29, 0.717) is 0 Å². The van der Waals surface area contributed by atoms with Crippen molar-refractivity contribution in [2.75, 3.05) is 0 Å². The van der Waals surface area contributed by atoms with Crippen molar-refractivity contribution in [3.05, 3.63) is 21.9 Å². The molecule has 0 unspecified atom stereocenters. The van der Waals surface area contributed by atoms with Crippen molar-refractivity contribution in [3.8, 4) is 0 Å². The Morgan fingerprint density at radius 3 is 2.75 bits per heavy atom. The van der Waals surface area contributed by atoms with Gasteiger partial charge in [0, 0.05) is 10.2 Å². The highest BCUT2D eigenvalue weighted by Crippen LogP contribution is 2.16.